The first-order chi connectivity index (χ1) is 39.0. The van der Waals surface area contributed by atoms with Crippen LogP contribution in [0.3, 0.4) is 0 Å². The molecule has 0 rings (SSSR count). The molecule has 0 spiro atoms. The summed E-state index contributed by atoms with van der Waals surface area (Å²) >= 11 is 0. The Balaban J connectivity index is 4.48. The minimum absolute atomic E-state index is 0.110. The molecule has 79 heavy (non-hydrogen) atoms. The highest BCUT2D eigenvalue weighted by atomic mass is 16.6. The zero-order chi connectivity index (χ0) is 57.1. The Kier molecular flexibility index (Phi) is 61.0. The first-order valence-electron chi connectivity index (χ1n) is 31.6. The number of unbranched alkanes of at least 4 members (excludes halogenated alkanes) is 16. The number of carbonyl (C=O) groups excluding carboxylic acids is 3. The maximum absolute atomic E-state index is 12.9. The summed E-state index contributed by atoms with van der Waals surface area (Å²) in [5.74, 6) is -0.983. The van der Waals surface area contributed by atoms with Gasteiger partial charge in [-0.15, -0.1) is 0 Å². The van der Waals surface area contributed by atoms with Crippen LogP contribution in [0, 0.1) is 0 Å². The summed E-state index contributed by atoms with van der Waals surface area (Å²) in [5, 5.41) is 0. The van der Waals surface area contributed by atoms with Gasteiger partial charge in [-0.3, -0.25) is 14.4 Å². The molecule has 0 aliphatic rings. The second kappa shape index (κ2) is 65.3. The number of allylic oxidation sites excluding steroid dienone is 28. The van der Waals surface area contributed by atoms with E-state index in [2.05, 4.69) is 191 Å². The lowest BCUT2D eigenvalue weighted by molar-refractivity contribution is -0.167. The Morgan fingerprint density at radius 2 is 0.494 bits per heavy atom. The third-order valence-corrected chi connectivity index (χ3v) is 12.7. The van der Waals surface area contributed by atoms with Gasteiger partial charge in [0, 0.05) is 19.3 Å². The number of hydrogen-bond acceptors (Lipinski definition) is 6. The van der Waals surface area contributed by atoms with Crippen molar-refractivity contribution in [3.63, 3.8) is 0 Å². The number of esters is 3. The molecule has 0 aromatic rings. The van der Waals surface area contributed by atoms with Crippen molar-refractivity contribution in [1.82, 2.24) is 0 Å². The molecular formula is C73H114O6. The lowest BCUT2D eigenvalue weighted by Crippen LogP contribution is -2.30. The van der Waals surface area contributed by atoms with Gasteiger partial charge in [-0.25, -0.2) is 0 Å². The van der Waals surface area contributed by atoms with Crippen molar-refractivity contribution in [2.45, 2.75) is 258 Å². The van der Waals surface area contributed by atoms with E-state index in [4.69, 9.17) is 14.2 Å². The van der Waals surface area contributed by atoms with Crippen LogP contribution < -0.4 is 0 Å². The van der Waals surface area contributed by atoms with Gasteiger partial charge < -0.3 is 14.2 Å². The molecule has 0 heterocycles. The van der Waals surface area contributed by atoms with Gasteiger partial charge in [0.2, 0.25) is 0 Å². The van der Waals surface area contributed by atoms with E-state index >= 15 is 0 Å². The largest absolute Gasteiger partial charge is 0.462 e. The first-order valence-corrected chi connectivity index (χ1v) is 31.6. The summed E-state index contributed by atoms with van der Waals surface area (Å²) in [6.07, 6.45) is 96.4. The van der Waals surface area contributed by atoms with Crippen LogP contribution in [0.25, 0.3) is 0 Å². The summed E-state index contributed by atoms with van der Waals surface area (Å²) in [6, 6.07) is 0. The SMILES string of the molecule is CC/C=C\C/C=C\C/C=C\C/C=C\C/C=C\C/C=C\C/C=C\C/C=C\CCCCC(=O)OCC(COC(=O)CCCCCCC/C=C\C/C=C\CCC)OC(=O)CCCCCCCCCC/C=C\C/C=C\C/C=C\C/C=C\CC. The molecule has 0 saturated carbocycles. The molecule has 0 fully saturated rings. The van der Waals surface area contributed by atoms with Gasteiger partial charge >= 0.3 is 17.9 Å². The lowest BCUT2D eigenvalue weighted by Gasteiger charge is -2.18. The highest BCUT2D eigenvalue weighted by molar-refractivity contribution is 5.71. The topological polar surface area (TPSA) is 78.9 Å². The Morgan fingerprint density at radius 3 is 0.797 bits per heavy atom. The monoisotopic (exact) mass is 1090 g/mol. The van der Waals surface area contributed by atoms with Crippen LogP contribution in [0.15, 0.2) is 170 Å². The number of hydrogen-bond donors (Lipinski definition) is 0. The van der Waals surface area contributed by atoms with Crippen molar-refractivity contribution in [3.8, 4) is 0 Å². The Labute approximate surface area is 485 Å². The average Bonchev–Trinajstić information content (AvgIpc) is 3.45. The van der Waals surface area contributed by atoms with E-state index in [0.29, 0.717) is 19.3 Å². The van der Waals surface area contributed by atoms with Crippen molar-refractivity contribution in [3.05, 3.63) is 170 Å². The fourth-order valence-electron chi connectivity index (χ4n) is 8.02. The van der Waals surface area contributed by atoms with Crippen molar-refractivity contribution >= 4 is 17.9 Å². The second-order valence-electron chi connectivity index (χ2n) is 20.2. The van der Waals surface area contributed by atoms with E-state index in [-0.39, 0.29) is 37.5 Å². The first kappa shape index (κ1) is 73.8. The smallest absolute Gasteiger partial charge is 0.306 e. The molecule has 0 aromatic carbocycles. The fraction of sp³-hybridized carbons (Fsp3) is 0.575. The van der Waals surface area contributed by atoms with E-state index in [1.165, 1.54) is 38.5 Å². The molecular weight excluding hydrogens is 973 g/mol. The van der Waals surface area contributed by atoms with Crippen molar-refractivity contribution < 1.29 is 28.6 Å². The maximum atomic E-state index is 12.9. The molecule has 0 aliphatic heterocycles. The molecule has 0 N–H and O–H groups in total. The molecule has 1 unspecified atom stereocenters. The molecule has 442 valence electrons. The molecule has 0 saturated heterocycles. The van der Waals surface area contributed by atoms with E-state index in [0.717, 1.165) is 167 Å². The highest BCUT2D eigenvalue weighted by Gasteiger charge is 2.19. The molecule has 0 radical (unpaired) electrons. The van der Waals surface area contributed by atoms with Gasteiger partial charge in [-0.05, 0) is 148 Å². The standard InChI is InChI=1S/C73H114O6/c1-4-7-10-13-16-19-22-25-27-29-31-33-34-35-36-37-38-40-41-43-45-48-51-54-57-60-63-66-72(75)78-69-70(68-77-71(74)65-62-59-56-53-50-47-24-21-18-15-12-9-6-3)79-73(76)67-64-61-58-55-52-49-46-44-42-39-32-30-28-26-23-20-17-14-11-8-5-2/h7-8,10-12,15-17,19-21,24-28,31-33,35-36,38-40,43,45,51,54,70H,4-6,9,13-14,18,22-23,29-30,34,37,41-42,44,46-50,52-53,55-69H2,1-3H3/b10-7-,11-8-,15-12-,19-16-,20-17-,24-21-,27-25-,28-26-,33-31-,36-35-,39-32-,40-38-,45-43-,54-51-. The number of rotatable bonds is 55. The van der Waals surface area contributed by atoms with Crippen LogP contribution >= 0.6 is 0 Å². The Morgan fingerprint density at radius 1 is 0.266 bits per heavy atom. The van der Waals surface area contributed by atoms with Crippen molar-refractivity contribution in [1.29, 1.82) is 0 Å². The van der Waals surface area contributed by atoms with Crippen molar-refractivity contribution in [2.24, 2.45) is 0 Å². The maximum Gasteiger partial charge on any atom is 0.306 e. The number of ether oxygens (including phenoxy) is 3. The minimum atomic E-state index is -0.817. The molecule has 6 nitrogen and oxygen atoms in total. The van der Waals surface area contributed by atoms with Gasteiger partial charge in [0.05, 0.1) is 0 Å². The van der Waals surface area contributed by atoms with Crippen LogP contribution in [0.5, 0.6) is 0 Å². The van der Waals surface area contributed by atoms with Crippen LogP contribution in [0.1, 0.15) is 252 Å². The van der Waals surface area contributed by atoms with E-state index in [9.17, 15) is 14.4 Å². The van der Waals surface area contributed by atoms with Gasteiger partial charge in [-0.1, -0.05) is 255 Å². The predicted octanol–water partition coefficient (Wildman–Crippen LogP) is 21.9. The molecule has 0 bridgehead atoms. The minimum Gasteiger partial charge on any atom is -0.462 e. The molecule has 0 aliphatic carbocycles. The van der Waals surface area contributed by atoms with E-state index in [1.54, 1.807) is 0 Å². The van der Waals surface area contributed by atoms with Crippen LogP contribution in [0.2, 0.25) is 0 Å². The lowest BCUT2D eigenvalue weighted by atomic mass is 10.1. The quantitative estimate of drug-likeness (QED) is 0.0261. The predicted molar refractivity (Wildman–Crippen MR) is 343 cm³/mol. The molecule has 0 amide bonds. The summed E-state index contributed by atoms with van der Waals surface area (Å²) in [4.78, 5) is 38.3. The van der Waals surface area contributed by atoms with Crippen molar-refractivity contribution in [2.75, 3.05) is 13.2 Å². The Bertz CT molecular complexity index is 1820. The average molecular weight is 1090 g/mol. The fourth-order valence-corrected chi connectivity index (χ4v) is 8.02. The Hall–Kier alpha value is -5.23. The van der Waals surface area contributed by atoms with Crippen LogP contribution in [-0.2, 0) is 28.6 Å². The zero-order valence-corrected chi connectivity index (χ0v) is 50.6. The van der Waals surface area contributed by atoms with E-state index in [1.807, 2.05) is 0 Å². The highest BCUT2D eigenvalue weighted by Crippen LogP contribution is 2.14. The van der Waals surface area contributed by atoms with Gasteiger partial charge in [0.15, 0.2) is 6.10 Å². The molecule has 6 heteroatoms. The van der Waals surface area contributed by atoms with Gasteiger partial charge in [0.1, 0.15) is 13.2 Å². The van der Waals surface area contributed by atoms with E-state index < -0.39 is 6.10 Å². The summed E-state index contributed by atoms with van der Waals surface area (Å²) < 4.78 is 16.9. The third kappa shape index (κ3) is 63.5. The summed E-state index contributed by atoms with van der Waals surface area (Å²) in [5.41, 5.74) is 0. The second-order valence-corrected chi connectivity index (χ2v) is 20.2. The third-order valence-electron chi connectivity index (χ3n) is 12.7. The van der Waals surface area contributed by atoms with Gasteiger partial charge in [-0.2, -0.15) is 0 Å². The van der Waals surface area contributed by atoms with Crippen LogP contribution in [-0.4, -0.2) is 37.2 Å². The normalized spacial score (nSPS) is 13.3. The molecule has 1 atom stereocenters. The zero-order valence-electron chi connectivity index (χ0n) is 50.6. The molecule has 0 aromatic heterocycles. The summed E-state index contributed by atoms with van der Waals surface area (Å²) in [7, 11) is 0. The number of carbonyl (C=O) groups is 3. The van der Waals surface area contributed by atoms with Crippen LogP contribution in [0.4, 0.5) is 0 Å². The summed E-state index contributed by atoms with van der Waals surface area (Å²) in [6.45, 7) is 6.28. The van der Waals surface area contributed by atoms with Gasteiger partial charge in [0.25, 0.3) is 0 Å².